The zero-order chi connectivity index (χ0) is 21.8. The maximum absolute atomic E-state index is 12.5. The largest absolute Gasteiger partial charge is 0.324 e. The molecule has 2 aromatic heterocycles. The van der Waals surface area contributed by atoms with Crippen LogP contribution in [0, 0.1) is 6.92 Å². The molecule has 31 heavy (non-hydrogen) atoms. The van der Waals surface area contributed by atoms with Gasteiger partial charge in [-0.15, -0.1) is 10.2 Å². The number of carbonyl (C=O) groups excluding carboxylic acids is 1. The molecule has 9 heteroatoms. The van der Waals surface area contributed by atoms with Crippen LogP contribution < -0.4 is 5.32 Å². The highest BCUT2D eigenvalue weighted by atomic mass is 35.5. The molecule has 0 unspecified atom stereocenters. The fourth-order valence-corrected chi connectivity index (χ4v) is 4.19. The zero-order valence-electron chi connectivity index (χ0n) is 16.4. The van der Waals surface area contributed by atoms with Gasteiger partial charge in [-0.25, -0.2) is 0 Å². The van der Waals surface area contributed by atoms with Crippen LogP contribution in [-0.4, -0.2) is 31.4 Å². The second-order valence-electron chi connectivity index (χ2n) is 6.62. The summed E-state index contributed by atoms with van der Waals surface area (Å²) in [4.78, 5) is 16.6. The number of carbonyl (C=O) groups is 1. The van der Waals surface area contributed by atoms with Crippen molar-refractivity contribution in [3.8, 4) is 17.1 Å². The van der Waals surface area contributed by atoms with Crippen molar-refractivity contribution in [3.05, 3.63) is 82.6 Å². The van der Waals surface area contributed by atoms with Gasteiger partial charge >= 0.3 is 0 Å². The average Bonchev–Trinajstić information content (AvgIpc) is 3.19. The smallest absolute Gasteiger partial charge is 0.234 e. The summed E-state index contributed by atoms with van der Waals surface area (Å²) < 4.78 is 1.96. The quantitative estimate of drug-likeness (QED) is 0.368. The first-order valence-corrected chi connectivity index (χ1v) is 11.1. The van der Waals surface area contributed by atoms with Gasteiger partial charge < -0.3 is 5.32 Å². The summed E-state index contributed by atoms with van der Waals surface area (Å²) in [6, 6.07) is 16.6. The van der Waals surface area contributed by atoms with Crippen molar-refractivity contribution in [2.45, 2.75) is 12.1 Å². The van der Waals surface area contributed by atoms with E-state index in [4.69, 9.17) is 23.2 Å². The Hall–Kier alpha value is -2.87. The molecule has 1 N–H and O–H groups in total. The number of thioether (sulfide) groups is 1. The minimum atomic E-state index is -0.209. The van der Waals surface area contributed by atoms with Crippen LogP contribution >= 0.6 is 35.0 Å². The van der Waals surface area contributed by atoms with Gasteiger partial charge in [0.2, 0.25) is 5.91 Å². The Morgan fingerprint density at radius 3 is 2.58 bits per heavy atom. The van der Waals surface area contributed by atoms with Crippen molar-refractivity contribution in [3.63, 3.8) is 0 Å². The molecule has 4 aromatic rings. The molecule has 4 rings (SSSR count). The first-order chi connectivity index (χ1) is 15.0. The van der Waals surface area contributed by atoms with Gasteiger partial charge in [0.1, 0.15) is 0 Å². The maximum atomic E-state index is 12.5. The van der Waals surface area contributed by atoms with E-state index in [1.165, 1.54) is 11.8 Å². The molecule has 0 aliphatic heterocycles. The topological polar surface area (TPSA) is 72.7 Å². The molecule has 2 heterocycles. The molecule has 156 valence electrons. The number of para-hydroxylation sites is 1. The van der Waals surface area contributed by atoms with Gasteiger partial charge in [0, 0.05) is 23.0 Å². The average molecular weight is 470 g/mol. The van der Waals surface area contributed by atoms with Crippen LogP contribution in [0.25, 0.3) is 17.1 Å². The van der Waals surface area contributed by atoms with Crippen LogP contribution in [0.1, 0.15) is 5.56 Å². The van der Waals surface area contributed by atoms with Crippen LogP contribution in [0.3, 0.4) is 0 Å². The highest BCUT2D eigenvalue weighted by Crippen LogP contribution is 2.30. The molecule has 1 amide bonds. The summed E-state index contributed by atoms with van der Waals surface area (Å²) in [7, 11) is 0. The van der Waals surface area contributed by atoms with Gasteiger partial charge in [0.25, 0.3) is 0 Å². The van der Waals surface area contributed by atoms with E-state index in [9.17, 15) is 4.79 Å². The van der Waals surface area contributed by atoms with Crippen LogP contribution in [0.5, 0.6) is 0 Å². The van der Waals surface area contributed by atoms with Crippen LogP contribution in [0.2, 0.25) is 10.0 Å². The van der Waals surface area contributed by atoms with Gasteiger partial charge in [-0.05, 0) is 48.9 Å². The Kier molecular flexibility index (Phi) is 6.56. The Morgan fingerprint density at radius 1 is 1.06 bits per heavy atom. The Balaban J connectivity index is 1.60. The van der Waals surface area contributed by atoms with Crippen molar-refractivity contribution in [1.82, 2.24) is 19.7 Å². The third kappa shape index (κ3) is 4.90. The van der Waals surface area contributed by atoms with E-state index in [-0.39, 0.29) is 11.7 Å². The van der Waals surface area contributed by atoms with E-state index in [1.807, 2.05) is 47.9 Å². The normalized spacial score (nSPS) is 10.8. The van der Waals surface area contributed by atoms with E-state index >= 15 is 0 Å². The standard InChI is InChI=1S/C22H17Cl2N5OS/c1-14-4-2-3-5-19(14)29-21(15-8-10-25-11-9-15)27-28-22(29)31-13-20(30)26-18-7-6-16(23)12-17(18)24/h2-12H,13H2,1H3,(H,26,30). The van der Waals surface area contributed by atoms with Crippen LogP contribution in [-0.2, 0) is 4.79 Å². The van der Waals surface area contributed by atoms with E-state index in [2.05, 4.69) is 20.5 Å². The van der Waals surface area contributed by atoms with E-state index in [1.54, 1.807) is 30.6 Å². The molecule has 0 atom stereocenters. The summed E-state index contributed by atoms with van der Waals surface area (Å²) in [5.74, 6) is 0.610. The lowest BCUT2D eigenvalue weighted by Crippen LogP contribution is -2.15. The Labute approximate surface area is 193 Å². The molecule has 0 saturated heterocycles. The fourth-order valence-electron chi connectivity index (χ4n) is 2.99. The van der Waals surface area contributed by atoms with Gasteiger partial charge in [0.15, 0.2) is 11.0 Å². The Morgan fingerprint density at radius 2 is 1.84 bits per heavy atom. The number of rotatable bonds is 6. The second kappa shape index (κ2) is 9.51. The minimum Gasteiger partial charge on any atom is -0.324 e. The van der Waals surface area contributed by atoms with E-state index in [0.29, 0.717) is 26.7 Å². The third-order valence-corrected chi connectivity index (χ3v) is 5.94. The third-order valence-electron chi connectivity index (χ3n) is 4.47. The second-order valence-corrected chi connectivity index (χ2v) is 8.41. The van der Waals surface area contributed by atoms with Gasteiger partial charge in [0.05, 0.1) is 22.2 Å². The number of aryl methyl sites for hydroxylation is 1. The summed E-state index contributed by atoms with van der Waals surface area (Å²) in [6.45, 7) is 2.02. The molecule has 0 fully saturated rings. The van der Waals surface area contributed by atoms with E-state index < -0.39 is 0 Å². The molecular formula is C22H17Cl2N5OS. The SMILES string of the molecule is Cc1ccccc1-n1c(SCC(=O)Nc2ccc(Cl)cc2Cl)nnc1-c1ccncc1. The molecule has 0 spiro atoms. The first-order valence-electron chi connectivity index (χ1n) is 9.32. The van der Waals surface area contributed by atoms with E-state index in [0.717, 1.165) is 16.8 Å². The number of hydrogen-bond acceptors (Lipinski definition) is 5. The summed E-state index contributed by atoms with van der Waals surface area (Å²) in [5.41, 5.74) is 3.41. The fraction of sp³-hybridized carbons (Fsp3) is 0.0909. The first kappa shape index (κ1) is 21.4. The molecule has 0 bridgehead atoms. The van der Waals surface area contributed by atoms with Crippen molar-refractivity contribution in [2.24, 2.45) is 0 Å². The summed E-state index contributed by atoms with van der Waals surface area (Å²) >= 11 is 13.4. The van der Waals surface area contributed by atoms with Crippen molar-refractivity contribution < 1.29 is 4.79 Å². The number of aromatic nitrogens is 4. The maximum Gasteiger partial charge on any atom is 0.234 e. The summed E-state index contributed by atoms with van der Waals surface area (Å²) in [6.07, 6.45) is 3.42. The molecule has 6 nitrogen and oxygen atoms in total. The lowest BCUT2D eigenvalue weighted by molar-refractivity contribution is -0.113. The van der Waals surface area contributed by atoms with Crippen LogP contribution in [0.4, 0.5) is 5.69 Å². The zero-order valence-corrected chi connectivity index (χ0v) is 18.7. The predicted octanol–water partition coefficient (Wildman–Crippen LogP) is 5.68. The lowest BCUT2D eigenvalue weighted by Gasteiger charge is -2.13. The highest BCUT2D eigenvalue weighted by Gasteiger charge is 2.18. The van der Waals surface area contributed by atoms with Crippen molar-refractivity contribution in [1.29, 1.82) is 0 Å². The molecule has 0 aliphatic rings. The number of hydrogen-bond donors (Lipinski definition) is 1. The minimum absolute atomic E-state index is 0.138. The van der Waals surface area contributed by atoms with Gasteiger partial charge in [-0.2, -0.15) is 0 Å². The number of pyridine rings is 1. The number of amides is 1. The number of nitrogens with one attached hydrogen (secondary N) is 1. The van der Waals surface area contributed by atoms with Crippen molar-refractivity contribution in [2.75, 3.05) is 11.1 Å². The van der Waals surface area contributed by atoms with Gasteiger partial charge in [-0.3, -0.25) is 14.3 Å². The molecule has 2 aromatic carbocycles. The highest BCUT2D eigenvalue weighted by molar-refractivity contribution is 7.99. The van der Waals surface area contributed by atoms with Crippen LogP contribution in [0.15, 0.2) is 72.1 Å². The Bertz CT molecular complexity index is 1230. The van der Waals surface area contributed by atoms with Crippen molar-refractivity contribution >= 4 is 46.6 Å². The molecule has 0 saturated carbocycles. The predicted molar refractivity (Wildman–Crippen MR) is 125 cm³/mol. The number of anilines is 1. The molecule has 0 radical (unpaired) electrons. The molecular weight excluding hydrogens is 453 g/mol. The van der Waals surface area contributed by atoms with Gasteiger partial charge in [-0.1, -0.05) is 53.2 Å². The number of nitrogens with zero attached hydrogens (tertiary/aromatic N) is 4. The number of halogens is 2. The number of benzene rings is 2. The summed E-state index contributed by atoms with van der Waals surface area (Å²) in [5, 5.41) is 13.0. The molecule has 0 aliphatic carbocycles. The lowest BCUT2D eigenvalue weighted by atomic mass is 10.2. The monoisotopic (exact) mass is 469 g/mol.